The van der Waals surface area contributed by atoms with Crippen LogP contribution in [0.4, 0.5) is 0 Å². The Morgan fingerprint density at radius 1 is 0.250 bits per heavy atom. The van der Waals surface area contributed by atoms with E-state index in [0.717, 1.165) is 19.6 Å². The maximum absolute atomic E-state index is 2.71. The molecule has 0 N–H and O–H groups in total. The zero-order chi connectivity index (χ0) is 38.5. The Morgan fingerprint density at radius 3 is 0.883 bits per heavy atom. The van der Waals surface area contributed by atoms with Gasteiger partial charge in [-0.3, -0.25) is 0 Å². The van der Waals surface area contributed by atoms with Crippen molar-refractivity contribution < 1.29 is 0 Å². The van der Waals surface area contributed by atoms with E-state index < -0.39 is 0 Å². The maximum Gasteiger partial charge on any atom is 0.0618 e. The van der Waals surface area contributed by atoms with Crippen LogP contribution in [-0.2, 0) is 19.6 Å². The first-order valence-corrected chi connectivity index (χ1v) is 21.3. The van der Waals surface area contributed by atoms with Crippen LogP contribution >= 0.6 is 0 Å². The number of para-hydroxylation sites is 3. The molecule has 0 bridgehead atoms. The molecule has 0 saturated carbocycles. The van der Waals surface area contributed by atoms with Gasteiger partial charge >= 0.3 is 0 Å². The van der Waals surface area contributed by atoms with Crippen LogP contribution in [0.5, 0.6) is 0 Å². The number of nitrogens with zero attached hydrogens (tertiary/aromatic N) is 3. The number of aromatic nitrogens is 3. The number of fused-ring (bicyclic) bond motifs is 24. The lowest BCUT2D eigenvalue weighted by Crippen LogP contribution is -2.09. The molecule has 0 saturated heterocycles. The van der Waals surface area contributed by atoms with Gasteiger partial charge in [-0.1, -0.05) is 164 Å². The Morgan fingerprint density at radius 2 is 0.550 bits per heavy atom. The van der Waals surface area contributed by atoms with E-state index in [-0.39, 0.29) is 0 Å². The quantitative estimate of drug-likeness (QED) is 0.146. The monoisotopic (exact) mass is 759 g/mol. The summed E-state index contributed by atoms with van der Waals surface area (Å²) in [6.07, 6.45) is 0. The highest BCUT2D eigenvalue weighted by Crippen LogP contribution is 2.55. The summed E-state index contributed by atoms with van der Waals surface area (Å²) in [5.41, 5.74) is 20.5. The minimum Gasteiger partial charge on any atom is -0.335 e. The summed E-state index contributed by atoms with van der Waals surface area (Å²) in [5.74, 6) is 0. The van der Waals surface area contributed by atoms with Crippen molar-refractivity contribution in [2.75, 3.05) is 0 Å². The molecule has 0 radical (unpaired) electrons. The smallest absolute Gasteiger partial charge is 0.0618 e. The molecule has 3 aliphatic heterocycles. The topological polar surface area (TPSA) is 14.8 Å². The minimum atomic E-state index is 0.829. The fourth-order valence-corrected chi connectivity index (χ4v) is 12.6. The molecule has 0 aliphatic carbocycles. The van der Waals surface area contributed by atoms with E-state index in [1.54, 1.807) is 0 Å². The van der Waals surface area contributed by atoms with Gasteiger partial charge in [0.15, 0.2) is 0 Å². The Balaban J connectivity index is 1.17. The van der Waals surface area contributed by atoms with Crippen molar-refractivity contribution >= 4 is 97.7 Å². The maximum atomic E-state index is 2.71. The van der Waals surface area contributed by atoms with Gasteiger partial charge in [0.05, 0.1) is 33.1 Å². The van der Waals surface area contributed by atoms with E-state index in [2.05, 4.69) is 177 Å². The van der Waals surface area contributed by atoms with Crippen LogP contribution in [0.3, 0.4) is 0 Å². The average Bonchev–Trinajstić information content (AvgIpc) is 3.93. The van der Waals surface area contributed by atoms with E-state index in [0.29, 0.717) is 0 Å². The molecule has 10 aromatic carbocycles. The number of hydrogen-bond donors (Lipinski definition) is 0. The summed E-state index contributed by atoms with van der Waals surface area (Å²) in [6, 6.07) is 62.3. The van der Waals surface area contributed by atoms with Gasteiger partial charge in [-0.25, -0.2) is 0 Å². The second kappa shape index (κ2) is 10.3. The summed E-state index contributed by atoms with van der Waals surface area (Å²) >= 11 is 0. The van der Waals surface area contributed by atoms with Gasteiger partial charge < -0.3 is 13.7 Å². The minimum absolute atomic E-state index is 0.829. The van der Waals surface area contributed by atoms with Gasteiger partial charge in [0.2, 0.25) is 0 Å². The van der Waals surface area contributed by atoms with Crippen LogP contribution in [-0.4, -0.2) is 13.7 Å². The molecular formula is C57H33N3. The standard InChI is InChI=1S/C57H33N3/c1-4-13-37-31(10-1)22-25-34-28-58-52-40(46(34)37)16-7-19-43(52)49-55(58)50-44-20-8-17-41-48-36(27-24-33-12-3-6-15-39(33)48)30-60(53(41)44)57(50)51-45-21-9-18-42-47-35(29-59(54(42)45)56(49)51)26-23-32-11-2-5-14-38(32)47/h1-27H,28-30H2. The van der Waals surface area contributed by atoms with Gasteiger partial charge in [-0.2, -0.15) is 0 Å². The molecule has 0 fully saturated rings. The van der Waals surface area contributed by atoms with Crippen LogP contribution in [0, 0.1) is 0 Å². The van der Waals surface area contributed by atoms with Crippen molar-refractivity contribution in [2.45, 2.75) is 19.6 Å². The second-order valence-electron chi connectivity index (χ2n) is 17.5. The molecule has 3 aromatic heterocycles. The molecule has 13 aromatic rings. The average molecular weight is 760 g/mol. The van der Waals surface area contributed by atoms with Crippen LogP contribution in [0.25, 0.3) is 131 Å². The third kappa shape index (κ3) is 3.39. The summed E-state index contributed by atoms with van der Waals surface area (Å²) in [7, 11) is 0. The van der Waals surface area contributed by atoms with Crippen molar-refractivity contribution in [1.29, 1.82) is 0 Å². The largest absolute Gasteiger partial charge is 0.335 e. The first-order valence-electron chi connectivity index (χ1n) is 21.3. The highest BCUT2D eigenvalue weighted by atomic mass is 15.0. The van der Waals surface area contributed by atoms with E-state index in [4.69, 9.17) is 0 Å². The van der Waals surface area contributed by atoms with Gasteiger partial charge in [-0.05, 0) is 65.7 Å². The lowest BCUT2D eigenvalue weighted by atomic mass is 9.90. The van der Waals surface area contributed by atoms with Crippen molar-refractivity contribution in [1.82, 2.24) is 13.7 Å². The predicted molar refractivity (Wildman–Crippen MR) is 252 cm³/mol. The summed E-state index contributed by atoms with van der Waals surface area (Å²) in [4.78, 5) is 0. The van der Waals surface area contributed by atoms with Crippen LogP contribution in [0.2, 0.25) is 0 Å². The molecule has 0 atom stereocenters. The third-order valence-electron chi connectivity index (χ3n) is 14.8. The fourth-order valence-electron chi connectivity index (χ4n) is 12.6. The number of benzene rings is 10. The van der Waals surface area contributed by atoms with Gasteiger partial charge in [0.1, 0.15) is 0 Å². The normalized spacial score (nSPS) is 13.8. The predicted octanol–water partition coefficient (Wildman–Crippen LogP) is 14.6. The molecule has 0 spiro atoms. The van der Waals surface area contributed by atoms with Crippen molar-refractivity contribution in [3.63, 3.8) is 0 Å². The Labute approximate surface area is 343 Å². The molecule has 276 valence electrons. The molecule has 3 aliphatic rings. The summed E-state index contributed by atoms with van der Waals surface area (Å²) < 4.78 is 8.14. The van der Waals surface area contributed by atoms with E-state index in [1.165, 1.54) is 148 Å². The lowest BCUT2D eigenvalue weighted by molar-refractivity contribution is 0.856. The van der Waals surface area contributed by atoms with E-state index in [1.807, 2.05) is 0 Å². The number of rotatable bonds is 0. The van der Waals surface area contributed by atoms with Crippen LogP contribution in [0.15, 0.2) is 164 Å². The van der Waals surface area contributed by atoms with Crippen molar-refractivity contribution in [2.24, 2.45) is 0 Å². The molecule has 3 nitrogen and oxygen atoms in total. The first-order chi connectivity index (χ1) is 29.8. The van der Waals surface area contributed by atoms with Crippen molar-refractivity contribution in [3.05, 3.63) is 180 Å². The summed E-state index contributed by atoms with van der Waals surface area (Å²) in [6.45, 7) is 2.49. The Hall–Kier alpha value is -7.62. The molecule has 6 heterocycles. The molecule has 60 heavy (non-hydrogen) atoms. The highest BCUT2D eigenvalue weighted by molar-refractivity contribution is 6.41. The fraction of sp³-hybridized carbons (Fsp3) is 0.0526. The van der Waals surface area contributed by atoms with Crippen molar-refractivity contribution in [3.8, 4) is 33.4 Å². The van der Waals surface area contributed by atoms with E-state index >= 15 is 0 Å². The highest BCUT2D eigenvalue weighted by Gasteiger charge is 2.34. The Kier molecular flexibility index (Phi) is 5.24. The van der Waals surface area contributed by atoms with Gasteiger partial charge in [0, 0.05) is 68.6 Å². The molecular weight excluding hydrogens is 727 g/mol. The van der Waals surface area contributed by atoms with Crippen LogP contribution in [0.1, 0.15) is 16.7 Å². The SMILES string of the molecule is c1ccc2c3c(ccc2c1)Cn1c2c-3cccc2c2c1c1c3cccc4c3n(c1c1c3cccc5c3n(c21)Cc1ccc2ccccc2c1-5)Cc1ccc2ccccc2c1-4. The van der Waals surface area contributed by atoms with E-state index in [9.17, 15) is 0 Å². The summed E-state index contributed by atoms with van der Waals surface area (Å²) in [5, 5.41) is 16.1. The molecule has 3 heteroatoms. The number of hydrogen-bond acceptors (Lipinski definition) is 0. The molecule has 0 amide bonds. The zero-order valence-electron chi connectivity index (χ0n) is 32.6. The van der Waals surface area contributed by atoms with Gasteiger partial charge in [-0.15, -0.1) is 0 Å². The Bertz CT molecular complexity index is 3740. The third-order valence-corrected chi connectivity index (χ3v) is 14.8. The zero-order valence-corrected chi connectivity index (χ0v) is 32.6. The molecule has 0 unspecified atom stereocenters. The lowest BCUT2D eigenvalue weighted by Gasteiger charge is -2.23. The van der Waals surface area contributed by atoms with Gasteiger partial charge in [0.25, 0.3) is 0 Å². The first kappa shape index (κ1) is 30.5. The molecule has 16 rings (SSSR count). The second-order valence-corrected chi connectivity index (χ2v) is 17.5. The van der Waals surface area contributed by atoms with Crippen LogP contribution < -0.4 is 0 Å².